The molecule has 0 aromatic heterocycles. The molecule has 4 saturated carbocycles. The molecule has 0 aliphatic heterocycles. The van der Waals surface area contributed by atoms with Crippen molar-refractivity contribution in [1.82, 2.24) is 0 Å². The van der Waals surface area contributed by atoms with E-state index in [1.165, 1.54) is 19.1 Å². The zero-order valence-corrected chi connectivity index (χ0v) is 14.4. The molecule has 4 bridgehead atoms. The maximum Gasteiger partial charge on any atom is 0.309 e. The van der Waals surface area contributed by atoms with E-state index in [2.05, 4.69) is 0 Å². The van der Waals surface area contributed by atoms with Crippen molar-refractivity contribution in [1.29, 1.82) is 0 Å². The van der Waals surface area contributed by atoms with E-state index in [-0.39, 0.29) is 28.8 Å². The summed E-state index contributed by atoms with van der Waals surface area (Å²) >= 11 is 0. The molecule has 0 spiro atoms. The summed E-state index contributed by atoms with van der Waals surface area (Å²) in [4.78, 5) is 33.7. The third-order valence-corrected chi connectivity index (χ3v) is 6.87. The van der Waals surface area contributed by atoms with Gasteiger partial charge in [0.25, 0.3) is 11.4 Å². The van der Waals surface area contributed by atoms with Crippen LogP contribution in [-0.4, -0.2) is 20.9 Å². The third-order valence-electron chi connectivity index (χ3n) is 6.87. The molecular formula is C18H20N2O6. The van der Waals surface area contributed by atoms with Gasteiger partial charge in [-0.25, -0.2) is 0 Å². The zero-order chi connectivity index (χ0) is 18.9. The molecule has 8 heteroatoms. The molecule has 4 aliphatic carbocycles. The van der Waals surface area contributed by atoms with Crippen molar-refractivity contribution in [2.45, 2.75) is 50.9 Å². The molecule has 0 radical (unpaired) electrons. The standard InChI is InChI=1S/C18H20N2O6/c1-10-14(19(23)24)3-13(4-15(10)20(25)26)17-5-11-2-12(6-17)8-18(7-11,9-17)16(21)22/h3-4,11-12H,2,5-9H2,1H3,(H,21,22). The Labute approximate surface area is 149 Å². The number of hydrogen-bond donors (Lipinski definition) is 1. The lowest BCUT2D eigenvalue weighted by Crippen LogP contribution is -2.56. The second-order valence-electron chi connectivity index (χ2n) is 8.48. The van der Waals surface area contributed by atoms with E-state index in [1.54, 1.807) is 0 Å². The van der Waals surface area contributed by atoms with Crippen LogP contribution >= 0.6 is 0 Å². The Bertz CT molecular complexity index is 799. The normalized spacial score (nSPS) is 34.7. The Morgan fingerprint density at radius 1 is 1.08 bits per heavy atom. The fraction of sp³-hybridized carbons (Fsp3) is 0.611. The van der Waals surface area contributed by atoms with Gasteiger partial charge in [-0.2, -0.15) is 0 Å². The highest BCUT2D eigenvalue weighted by Crippen LogP contribution is 2.66. The highest BCUT2D eigenvalue weighted by atomic mass is 16.6. The number of nitrogens with zero attached hydrogens (tertiary/aromatic N) is 2. The molecule has 4 aliphatic rings. The lowest BCUT2D eigenvalue weighted by molar-refractivity contribution is -0.395. The molecule has 4 fully saturated rings. The third kappa shape index (κ3) is 2.24. The number of aliphatic carboxylic acids is 1. The molecule has 26 heavy (non-hydrogen) atoms. The predicted molar refractivity (Wildman–Crippen MR) is 90.9 cm³/mol. The second-order valence-corrected chi connectivity index (χ2v) is 8.48. The maximum absolute atomic E-state index is 12.0. The van der Waals surface area contributed by atoms with E-state index < -0.39 is 26.6 Å². The lowest BCUT2D eigenvalue weighted by Gasteiger charge is -2.60. The molecule has 2 unspecified atom stereocenters. The van der Waals surface area contributed by atoms with Crippen LogP contribution in [0.5, 0.6) is 0 Å². The molecule has 2 atom stereocenters. The van der Waals surface area contributed by atoms with Gasteiger partial charge in [-0.1, -0.05) is 0 Å². The minimum atomic E-state index is -0.799. The van der Waals surface area contributed by atoms with Gasteiger partial charge in [0.05, 0.1) is 15.3 Å². The fourth-order valence-corrected chi connectivity index (χ4v) is 6.22. The summed E-state index contributed by atoms with van der Waals surface area (Å²) < 4.78 is 0. The summed E-state index contributed by atoms with van der Waals surface area (Å²) in [5.41, 5.74) is -1.20. The summed E-state index contributed by atoms with van der Waals surface area (Å²) in [6.45, 7) is 1.39. The lowest BCUT2D eigenvalue weighted by atomic mass is 9.43. The van der Waals surface area contributed by atoms with Crippen LogP contribution in [0.4, 0.5) is 11.4 Å². The van der Waals surface area contributed by atoms with Gasteiger partial charge in [-0.05, 0) is 68.3 Å². The second kappa shape index (κ2) is 5.25. The van der Waals surface area contributed by atoms with Gasteiger partial charge in [0, 0.05) is 12.1 Å². The summed E-state index contributed by atoms with van der Waals surface area (Å²) in [7, 11) is 0. The maximum atomic E-state index is 12.0. The van der Waals surface area contributed by atoms with Crippen LogP contribution in [0, 0.1) is 44.4 Å². The Morgan fingerprint density at radius 3 is 2.00 bits per heavy atom. The highest BCUT2D eigenvalue weighted by molar-refractivity contribution is 5.76. The molecule has 1 aromatic carbocycles. The van der Waals surface area contributed by atoms with Gasteiger partial charge >= 0.3 is 5.97 Å². The zero-order valence-electron chi connectivity index (χ0n) is 14.4. The van der Waals surface area contributed by atoms with E-state index in [9.17, 15) is 30.1 Å². The number of benzene rings is 1. The van der Waals surface area contributed by atoms with E-state index in [4.69, 9.17) is 0 Å². The van der Waals surface area contributed by atoms with Crippen molar-refractivity contribution in [3.8, 4) is 0 Å². The summed E-state index contributed by atoms with van der Waals surface area (Å²) in [6.07, 6.45) is 4.23. The predicted octanol–water partition coefficient (Wildman–Crippen LogP) is 3.73. The number of carbonyl (C=O) groups is 1. The number of hydrogen-bond acceptors (Lipinski definition) is 5. The van der Waals surface area contributed by atoms with Crippen molar-refractivity contribution in [2.24, 2.45) is 17.3 Å². The highest BCUT2D eigenvalue weighted by Gasteiger charge is 2.61. The summed E-state index contributed by atoms with van der Waals surface area (Å²) in [5, 5.41) is 32.7. The van der Waals surface area contributed by atoms with E-state index in [0.29, 0.717) is 24.8 Å². The largest absolute Gasteiger partial charge is 0.481 e. The Kier molecular flexibility index (Phi) is 3.42. The Balaban J connectivity index is 1.88. The molecule has 1 aromatic rings. The SMILES string of the molecule is Cc1c([N+](=O)[O-])cc(C23CC4CC(CC(C(=O)O)(C4)C2)C3)cc1[N+](=O)[O-]. The van der Waals surface area contributed by atoms with Gasteiger partial charge in [0.1, 0.15) is 5.56 Å². The molecular weight excluding hydrogens is 340 g/mol. The number of rotatable bonds is 4. The van der Waals surface area contributed by atoms with Gasteiger partial charge in [-0.3, -0.25) is 25.0 Å². The first-order valence-corrected chi connectivity index (χ1v) is 8.83. The van der Waals surface area contributed by atoms with Gasteiger partial charge in [0.15, 0.2) is 0 Å². The van der Waals surface area contributed by atoms with Gasteiger partial charge in [0.2, 0.25) is 0 Å². The first-order valence-electron chi connectivity index (χ1n) is 8.83. The molecule has 1 N–H and O–H groups in total. The monoisotopic (exact) mass is 360 g/mol. The van der Waals surface area contributed by atoms with E-state index in [0.717, 1.165) is 19.3 Å². The van der Waals surface area contributed by atoms with Gasteiger partial charge < -0.3 is 5.11 Å². The average Bonchev–Trinajstić information content (AvgIpc) is 2.52. The van der Waals surface area contributed by atoms with Crippen LogP contribution in [0.2, 0.25) is 0 Å². The topological polar surface area (TPSA) is 124 Å². The quantitative estimate of drug-likeness (QED) is 0.644. The van der Waals surface area contributed by atoms with Crippen molar-refractivity contribution >= 4 is 17.3 Å². The Hall–Kier alpha value is -2.51. The fourth-order valence-electron chi connectivity index (χ4n) is 6.22. The number of carboxylic acid groups (broad SMARTS) is 1. The number of nitro groups is 2. The molecule has 0 heterocycles. The molecule has 8 nitrogen and oxygen atoms in total. The Morgan fingerprint density at radius 2 is 1.58 bits per heavy atom. The van der Waals surface area contributed by atoms with Crippen LogP contribution in [0.25, 0.3) is 0 Å². The van der Waals surface area contributed by atoms with Crippen molar-refractivity contribution in [3.05, 3.63) is 43.5 Å². The van der Waals surface area contributed by atoms with Crippen LogP contribution in [0.1, 0.15) is 49.7 Å². The minimum Gasteiger partial charge on any atom is -0.481 e. The smallest absolute Gasteiger partial charge is 0.309 e. The number of carboxylic acids is 1. The first-order chi connectivity index (χ1) is 12.2. The molecule has 5 rings (SSSR count). The van der Waals surface area contributed by atoms with E-state index in [1.807, 2.05) is 0 Å². The van der Waals surface area contributed by atoms with Crippen molar-refractivity contribution in [2.75, 3.05) is 0 Å². The average molecular weight is 360 g/mol. The molecule has 0 saturated heterocycles. The summed E-state index contributed by atoms with van der Waals surface area (Å²) in [5.74, 6) is -0.259. The molecule has 0 amide bonds. The minimum absolute atomic E-state index is 0.0430. The van der Waals surface area contributed by atoms with Crippen molar-refractivity contribution in [3.63, 3.8) is 0 Å². The van der Waals surface area contributed by atoms with E-state index >= 15 is 0 Å². The van der Waals surface area contributed by atoms with Crippen LogP contribution in [-0.2, 0) is 10.2 Å². The van der Waals surface area contributed by atoms with Crippen LogP contribution in [0.3, 0.4) is 0 Å². The van der Waals surface area contributed by atoms with Crippen LogP contribution in [0.15, 0.2) is 12.1 Å². The van der Waals surface area contributed by atoms with Gasteiger partial charge in [-0.15, -0.1) is 0 Å². The molecule has 138 valence electrons. The van der Waals surface area contributed by atoms with Crippen molar-refractivity contribution < 1.29 is 19.7 Å². The number of nitro benzene ring substituents is 2. The summed E-state index contributed by atoms with van der Waals surface area (Å²) in [6, 6.07) is 2.90. The first kappa shape index (κ1) is 16.9. The van der Waals surface area contributed by atoms with Crippen LogP contribution < -0.4 is 0 Å².